The Balaban J connectivity index is 1.49. The van der Waals surface area contributed by atoms with E-state index in [2.05, 4.69) is 23.2 Å². The number of rotatable bonds is 6. The molecule has 25 heavy (non-hydrogen) atoms. The van der Waals surface area contributed by atoms with E-state index in [0.29, 0.717) is 11.7 Å². The second kappa shape index (κ2) is 7.89. The Hall–Kier alpha value is -0.720. The number of H-pyrrole nitrogens is 1. The van der Waals surface area contributed by atoms with Crippen molar-refractivity contribution in [3.63, 3.8) is 0 Å². The van der Waals surface area contributed by atoms with Crippen LogP contribution in [0, 0.1) is 15.8 Å². The summed E-state index contributed by atoms with van der Waals surface area (Å²) in [6.45, 7) is 3.58. The van der Waals surface area contributed by atoms with Gasteiger partial charge in [-0.3, -0.25) is 0 Å². The summed E-state index contributed by atoms with van der Waals surface area (Å²) < 4.78 is 26.2. The van der Waals surface area contributed by atoms with Crippen molar-refractivity contribution in [2.24, 2.45) is 11.8 Å². The predicted octanol–water partition coefficient (Wildman–Crippen LogP) is 5.52. The van der Waals surface area contributed by atoms with Crippen molar-refractivity contribution in [1.29, 1.82) is 0 Å². The van der Waals surface area contributed by atoms with Crippen LogP contribution in [0.4, 0.5) is 0 Å². The lowest BCUT2D eigenvalue weighted by molar-refractivity contribution is 0.278. The fourth-order valence-corrected chi connectivity index (χ4v) is 6.20. The van der Waals surface area contributed by atoms with Crippen LogP contribution in [0.1, 0.15) is 51.5 Å². The first-order valence-corrected chi connectivity index (χ1v) is 12.1. The molecule has 0 aliphatic heterocycles. The van der Waals surface area contributed by atoms with Crippen molar-refractivity contribution < 1.29 is 8.42 Å². The van der Waals surface area contributed by atoms with Gasteiger partial charge in [0.2, 0.25) is 0 Å². The maximum Gasteiger partial charge on any atom is 0.159 e. The van der Waals surface area contributed by atoms with Crippen LogP contribution in [0.3, 0.4) is 0 Å². The summed E-state index contributed by atoms with van der Waals surface area (Å²) in [6, 6.07) is 6.60. The predicted molar refractivity (Wildman–Crippen MR) is 110 cm³/mol. The van der Waals surface area contributed by atoms with Crippen LogP contribution in [-0.2, 0) is 16.3 Å². The molecule has 0 radical (unpaired) electrons. The fraction of sp³-hybridized carbons (Fsp3) is 0.632. The number of hydrogen-bond acceptors (Lipinski definition) is 4. The van der Waals surface area contributed by atoms with Gasteiger partial charge in [-0.05, 0) is 81.3 Å². The van der Waals surface area contributed by atoms with Gasteiger partial charge in [0.1, 0.15) is 0 Å². The first-order chi connectivity index (χ1) is 11.8. The van der Waals surface area contributed by atoms with Gasteiger partial charge in [-0.2, -0.15) is 0 Å². The topological polar surface area (TPSA) is 49.9 Å². The van der Waals surface area contributed by atoms with E-state index in [1.165, 1.54) is 29.5 Å². The zero-order chi connectivity index (χ0) is 18.0. The molecule has 1 heterocycles. The molecule has 1 aliphatic rings. The first kappa shape index (κ1) is 19.1. The fourth-order valence-electron chi connectivity index (χ4n) is 3.73. The summed E-state index contributed by atoms with van der Waals surface area (Å²) in [7, 11) is -2.90. The Bertz CT molecular complexity index is 871. The molecular formula is C19H27NO2S3. The number of fused-ring (bicyclic) bond motifs is 1. The SMILES string of the molecule is CC(C)S(=O)(=O)CC1CCC(CCc2ccc3sc(=S)[nH]c3c2)CC1. The average Bonchev–Trinajstić information content (AvgIpc) is 2.93. The third-order valence-corrected chi connectivity index (χ3v) is 9.07. The smallest absolute Gasteiger partial charge is 0.159 e. The maximum absolute atomic E-state index is 12.1. The third-order valence-electron chi connectivity index (χ3n) is 5.48. The summed E-state index contributed by atoms with van der Waals surface area (Å²) in [4.78, 5) is 3.25. The number of aromatic amines is 1. The van der Waals surface area contributed by atoms with Gasteiger partial charge < -0.3 is 4.98 Å². The summed E-state index contributed by atoms with van der Waals surface area (Å²) in [6.07, 6.45) is 6.75. The zero-order valence-electron chi connectivity index (χ0n) is 15.0. The van der Waals surface area contributed by atoms with E-state index in [1.54, 1.807) is 25.2 Å². The Kier molecular flexibility index (Phi) is 6.01. The molecule has 6 heteroatoms. The second-order valence-electron chi connectivity index (χ2n) is 7.65. The highest BCUT2D eigenvalue weighted by atomic mass is 32.2. The van der Waals surface area contributed by atoms with Crippen LogP contribution in [0.5, 0.6) is 0 Å². The highest BCUT2D eigenvalue weighted by molar-refractivity contribution is 7.91. The third kappa shape index (κ3) is 4.92. The van der Waals surface area contributed by atoms with E-state index in [0.717, 1.165) is 34.7 Å². The number of hydrogen-bond donors (Lipinski definition) is 1. The van der Waals surface area contributed by atoms with Crippen molar-refractivity contribution in [1.82, 2.24) is 4.98 Å². The molecule has 3 rings (SSSR count). The minimum absolute atomic E-state index is 0.246. The van der Waals surface area contributed by atoms with Crippen LogP contribution >= 0.6 is 23.6 Å². The molecule has 0 atom stereocenters. The monoisotopic (exact) mass is 397 g/mol. The molecule has 0 spiro atoms. The highest BCUT2D eigenvalue weighted by Crippen LogP contribution is 2.33. The van der Waals surface area contributed by atoms with Gasteiger partial charge in [-0.1, -0.05) is 18.9 Å². The first-order valence-electron chi connectivity index (χ1n) is 9.17. The van der Waals surface area contributed by atoms with E-state index in [-0.39, 0.29) is 5.25 Å². The van der Waals surface area contributed by atoms with Crippen molar-refractivity contribution in [3.05, 3.63) is 27.7 Å². The zero-order valence-corrected chi connectivity index (χ0v) is 17.4. The van der Waals surface area contributed by atoms with Gasteiger partial charge in [0.25, 0.3) is 0 Å². The number of sulfone groups is 1. The van der Waals surface area contributed by atoms with Crippen molar-refractivity contribution >= 4 is 43.6 Å². The van der Waals surface area contributed by atoms with Gasteiger partial charge in [0.05, 0.1) is 21.2 Å². The number of aromatic nitrogens is 1. The Morgan fingerprint density at radius 3 is 2.56 bits per heavy atom. The number of thiazole rings is 1. The number of aryl methyl sites for hydroxylation is 1. The van der Waals surface area contributed by atoms with Crippen LogP contribution in [0.15, 0.2) is 18.2 Å². The molecular weight excluding hydrogens is 370 g/mol. The molecule has 1 N–H and O–H groups in total. The van der Waals surface area contributed by atoms with E-state index in [4.69, 9.17) is 12.2 Å². The minimum Gasteiger partial charge on any atom is -0.337 e. The lowest BCUT2D eigenvalue weighted by Crippen LogP contribution is -2.26. The van der Waals surface area contributed by atoms with E-state index in [1.807, 2.05) is 0 Å². The molecule has 1 aromatic carbocycles. The van der Waals surface area contributed by atoms with E-state index >= 15 is 0 Å². The summed E-state index contributed by atoms with van der Waals surface area (Å²) >= 11 is 6.83. The largest absolute Gasteiger partial charge is 0.337 e. The molecule has 1 aromatic heterocycles. The van der Waals surface area contributed by atoms with E-state index in [9.17, 15) is 8.42 Å². The molecule has 138 valence electrons. The second-order valence-corrected chi connectivity index (χ2v) is 12.0. The molecule has 0 saturated heterocycles. The molecule has 2 aromatic rings. The van der Waals surface area contributed by atoms with Gasteiger partial charge in [-0.15, -0.1) is 11.3 Å². The maximum atomic E-state index is 12.1. The van der Waals surface area contributed by atoms with Gasteiger partial charge in [0, 0.05) is 0 Å². The van der Waals surface area contributed by atoms with Gasteiger partial charge >= 0.3 is 0 Å². The van der Waals surface area contributed by atoms with Crippen LogP contribution in [0.2, 0.25) is 0 Å². The lowest BCUT2D eigenvalue weighted by Gasteiger charge is -2.28. The number of benzene rings is 1. The molecule has 0 amide bonds. The quantitative estimate of drug-likeness (QED) is 0.653. The van der Waals surface area contributed by atoms with Gasteiger partial charge in [-0.25, -0.2) is 8.42 Å². The van der Waals surface area contributed by atoms with Crippen molar-refractivity contribution in [3.8, 4) is 0 Å². The van der Waals surface area contributed by atoms with Crippen LogP contribution < -0.4 is 0 Å². The normalized spacial score (nSPS) is 21.9. The van der Waals surface area contributed by atoms with Crippen molar-refractivity contribution in [2.45, 2.75) is 57.6 Å². The molecule has 1 aliphatic carbocycles. The summed E-state index contributed by atoms with van der Waals surface area (Å²) in [5.74, 6) is 1.48. The Labute approximate surface area is 159 Å². The number of nitrogens with one attached hydrogen (secondary N) is 1. The molecule has 3 nitrogen and oxygen atoms in total. The average molecular weight is 398 g/mol. The molecule has 1 fully saturated rings. The molecule has 0 unspecified atom stereocenters. The van der Waals surface area contributed by atoms with Crippen LogP contribution in [-0.4, -0.2) is 24.4 Å². The lowest BCUT2D eigenvalue weighted by atomic mass is 9.80. The Morgan fingerprint density at radius 1 is 1.20 bits per heavy atom. The van der Waals surface area contributed by atoms with E-state index < -0.39 is 9.84 Å². The van der Waals surface area contributed by atoms with Crippen molar-refractivity contribution in [2.75, 3.05) is 5.75 Å². The standard InChI is InChI=1S/C19H27NO2S3/c1-13(2)25(21,22)12-16-7-4-14(5-8-16)3-6-15-9-10-18-17(11-15)20-19(23)24-18/h9-11,13-14,16H,3-8,12H2,1-2H3,(H,20,23). The summed E-state index contributed by atoms with van der Waals surface area (Å²) in [5, 5.41) is -0.246. The molecule has 1 saturated carbocycles. The summed E-state index contributed by atoms with van der Waals surface area (Å²) in [5.41, 5.74) is 2.51. The molecule has 0 bridgehead atoms. The minimum atomic E-state index is -2.90. The highest BCUT2D eigenvalue weighted by Gasteiger charge is 2.27. The Morgan fingerprint density at radius 2 is 1.88 bits per heavy atom. The van der Waals surface area contributed by atoms with Crippen LogP contribution in [0.25, 0.3) is 10.2 Å². The van der Waals surface area contributed by atoms with Gasteiger partial charge in [0.15, 0.2) is 13.8 Å².